The van der Waals surface area contributed by atoms with Crippen molar-refractivity contribution in [2.45, 2.75) is 19.3 Å². The van der Waals surface area contributed by atoms with E-state index in [0.717, 1.165) is 11.3 Å². The van der Waals surface area contributed by atoms with Gasteiger partial charge >= 0.3 is 6.09 Å². The molecule has 0 unspecified atom stereocenters. The van der Waals surface area contributed by atoms with Gasteiger partial charge in [0.05, 0.1) is 12.5 Å². The third-order valence-corrected chi connectivity index (χ3v) is 4.76. The van der Waals surface area contributed by atoms with Gasteiger partial charge in [0, 0.05) is 37.4 Å². The lowest BCUT2D eigenvalue weighted by atomic mass is 9.85. The first-order chi connectivity index (χ1) is 11.3. The number of hydrogen-bond acceptors (Lipinski definition) is 4. The smallest absolute Gasteiger partial charge is 0.409 e. The van der Waals surface area contributed by atoms with Crippen LogP contribution in [0.15, 0.2) is 18.2 Å². The van der Waals surface area contributed by atoms with E-state index in [2.05, 4.69) is 5.32 Å². The molecule has 1 fully saturated rings. The molecule has 0 bridgehead atoms. The molecule has 2 heterocycles. The molecule has 7 heteroatoms. The molecule has 1 aromatic carbocycles. The van der Waals surface area contributed by atoms with Crippen LogP contribution in [-0.4, -0.2) is 61.0 Å². The number of nitrogens with zero attached hydrogens (tertiary/aromatic N) is 2. The van der Waals surface area contributed by atoms with E-state index < -0.39 is 5.41 Å². The van der Waals surface area contributed by atoms with E-state index in [4.69, 9.17) is 4.74 Å². The molecule has 1 N–H and O–H groups in total. The van der Waals surface area contributed by atoms with Crippen LogP contribution in [0, 0.1) is 0 Å². The van der Waals surface area contributed by atoms with E-state index >= 15 is 0 Å². The number of anilines is 1. The van der Waals surface area contributed by atoms with Crippen molar-refractivity contribution in [3.05, 3.63) is 29.3 Å². The molecular formula is C17H21N3O4. The van der Waals surface area contributed by atoms with Crippen molar-refractivity contribution in [1.82, 2.24) is 9.80 Å². The molecule has 128 valence electrons. The van der Waals surface area contributed by atoms with Crippen molar-refractivity contribution < 1.29 is 19.1 Å². The Bertz CT molecular complexity index is 706. The molecule has 7 nitrogen and oxygen atoms in total. The van der Waals surface area contributed by atoms with Crippen molar-refractivity contribution in [1.29, 1.82) is 0 Å². The van der Waals surface area contributed by atoms with Crippen LogP contribution in [0.1, 0.15) is 29.8 Å². The van der Waals surface area contributed by atoms with Gasteiger partial charge in [-0.15, -0.1) is 0 Å². The zero-order chi connectivity index (χ0) is 17.5. The molecule has 0 aromatic heterocycles. The zero-order valence-electron chi connectivity index (χ0n) is 14.1. The van der Waals surface area contributed by atoms with Crippen LogP contribution in [0.5, 0.6) is 0 Å². The molecule has 3 rings (SSSR count). The summed E-state index contributed by atoms with van der Waals surface area (Å²) in [6, 6.07) is 5.30. The third-order valence-electron chi connectivity index (χ3n) is 4.76. The Balaban J connectivity index is 1.75. The maximum atomic E-state index is 12.7. The second kappa shape index (κ2) is 5.81. The minimum absolute atomic E-state index is 0.0613. The molecule has 1 saturated heterocycles. The summed E-state index contributed by atoms with van der Waals surface area (Å²) in [6.45, 7) is 5.52. The molecule has 0 saturated carbocycles. The molecule has 24 heavy (non-hydrogen) atoms. The van der Waals surface area contributed by atoms with Crippen LogP contribution >= 0.6 is 0 Å². The fourth-order valence-electron chi connectivity index (χ4n) is 3.11. The van der Waals surface area contributed by atoms with Crippen molar-refractivity contribution in [3.63, 3.8) is 0 Å². The van der Waals surface area contributed by atoms with Crippen LogP contribution < -0.4 is 5.32 Å². The average Bonchev–Trinajstić information content (AvgIpc) is 2.82. The topological polar surface area (TPSA) is 79.0 Å². The molecule has 0 radical (unpaired) electrons. The summed E-state index contributed by atoms with van der Waals surface area (Å²) in [5, 5.41) is 2.84. The lowest BCUT2D eigenvalue weighted by Crippen LogP contribution is -2.50. The number of rotatable bonds is 1. The normalized spacial score (nSPS) is 18.9. The van der Waals surface area contributed by atoms with Gasteiger partial charge in [-0.1, -0.05) is 0 Å². The maximum absolute atomic E-state index is 12.7. The Morgan fingerprint density at radius 2 is 1.75 bits per heavy atom. The fraction of sp³-hybridized carbons (Fsp3) is 0.471. The number of hydrogen-bond donors (Lipinski definition) is 1. The van der Waals surface area contributed by atoms with E-state index in [1.54, 1.807) is 28.0 Å². The standard InChI is InChI=1S/C17H21N3O4/c1-17(2)12-10-11(4-5-13(12)18-15(17)22)14(21)19-6-8-20(9-7-19)16(23)24-3/h4-5,10H,6-9H2,1-3H3,(H,18,22). The van der Waals surface area contributed by atoms with E-state index in [-0.39, 0.29) is 17.9 Å². The van der Waals surface area contributed by atoms with Gasteiger partial charge in [-0.2, -0.15) is 0 Å². The predicted octanol–water partition coefficient (Wildman–Crippen LogP) is 1.44. The van der Waals surface area contributed by atoms with Crippen molar-refractivity contribution in [2.75, 3.05) is 38.6 Å². The zero-order valence-corrected chi connectivity index (χ0v) is 14.1. The summed E-state index contributed by atoms with van der Waals surface area (Å²) in [5.74, 6) is -0.147. The largest absolute Gasteiger partial charge is 0.453 e. The van der Waals surface area contributed by atoms with Gasteiger partial charge in [0.15, 0.2) is 0 Å². The first-order valence-corrected chi connectivity index (χ1v) is 7.92. The van der Waals surface area contributed by atoms with Gasteiger partial charge < -0.3 is 19.9 Å². The fourth-order valence-corrected chi connectivity index (χ4v) is 3.11. The van der Waals surface area contributed by atoms with Crippen LogP contribution in [0.2, 0.25) is 0 Å². The number of nitrogens with one attached hydrogen (secondary N) is 1. The number of fused-ring (bicyclic) bond motifs is 1. The number of carbonyl (C=O) groups excluding carboxylic acids is 3. The van der Waals surface area contributed by atoms with Crippen LogP contribution in [0.25, 0.3) is 0 Å². The first kappa shape index (κ1) is 16.3. The number of amides is 3. The summed E-state index contributed by atoms with van der Waals surface area (Å²) >= 11 is 0. The minimum Gasteiger partial charge on any atom is -0.453 e. The van der Waals surface area contributed by atoms with E-state index in [0.29, 0.717) is 31.7 Å². The molecule has 0 atom stereocenters. The lowest BCUT2D eigenvalue weighted by Gasteiger charge is -2.34. The number of benzene rings is 1. The summed E-state index contributed by atoms with van der Waals surface area (Å²) in [4.78, 5) is 39.5. The summed E-state index contributed by atoms with van der Waals surface area (Å²) in [6.07, 6.45) is -0.369. The number of piperazine rings is 1. The van der Waals surface area contributed by atoms with Crippen LogP contribution in [0.4, 0.5) is 10.5 Å². The van der Waals surface area contributed by atoms with Gasteiger partial charge in [-0.25, -0.2) is 4.79 Å². The number of carbonyl (C=O) groups is 3. The highest BCUT2D eigenvalue weighted by atomic mass is 16.5. The highest BCUT2D eigenvalue weighted by Gasteiger charge is 2.39. The minimum atomic E-state index is -0.644. The Morgan fingerprint density at radius 1 is 1.12 bits per heavy atom. The average molecular weight is 331 g/mol. The highest BCUT2D eigenvalue weighted by Crippen LogP contribution is 2.37. The van der Waals surface area contributed by atoms with E-state index in [9.17, 15) is 14.4 Å². The quantitative estimate of drug-likeness (QED) is 0.844. The summed E-state index contributed by atoms with van der Waals surface area (Å²) in [5.41, 5.74) is 1.52. The van der Waals surface area contributed by atoms with Gasteiger partial charge in [-0.3, -0.25) is 9.59 Å². The second-order valence-electron chi connectivity index (χ2n) is 6.59. The lowest BCUT2D eigenvalue weighted by molar-refractivity contribution is -0.119. The van der Waals surface area contributed by atoms with Gasteiger partial charge in [-0.05, 0) is 37.6 Å². The van der Waals surface area contributed by atoms with Crippen LogP contribution in [-0.2, 0) is 14.9 Å². The molecule has 2 aliphatic heterocycles. The Hall–Kier alpha value is -2.57. The van der Waals surface area contributed by atoms with Gasteiger partial charge in [0.2, 0.25) is 5.91 Å². The summed E-state index contributed by atoms with van der Waals surface area (Å²) < 4.78 is 4.70. The molecule has 3 amide bonds. The molecular weight excluding hydrogens is 310 g/mol. The third kappa shape index (κ3) is 2.60. The Morgan fingerprint density at radius 3 is 2.38 bits per heavy atom. The second-order valence-corrected chi connectivity index (χ2v) is 6.59. The Kier molecular flexibility index (Phi) is 3.95. The monoisotopic (exact) mass is 331 g/mol. The van der Waals surface area contributed by atoms with Crippen molar-refractivity contribution in [3.8, 4) is 0 Å². The number of methoxy groups -OCH3 is 1. The maximum Gasteiger partial charge on any atom is 0.409 e. The van der Waals surface area contributed by atoms with Crippen LogP contribution in [0.3, 0.4) is 0 Å². The molecule has 2 aliphatic rings. The number of ether oxygens (including phenoxy) is 1. The molecule has 0 aliphatic carbocycles. The van der Waals surface area contributed by atoms with Gasteiger partial charge in [0.1, 0.15) is 0 Å². The predicted molar refractivity (Wildman–Crippen MR) is 88.0 cm³/mol. The van der Waals surface area contributed by atoms with Gasteiger partial charge in [0.25, 0.3) is 5.91 Å². The SMILES string of the molecule is COC(=O)N1CCN(C(=O)c2ccc3c(c2)C(C)(C)C(=O)N3)CC1. The molecule has 0 spiro atoms. The molecule has 1 aromatic rings. The van der Waals surface area contributed by atoms with Crippen molar-refractivity contribution in [2.24, 2.45) is 0 Å². The van der Waals surface area contributed by atoms with E-state index in [1.807, 2.05) is 13.8 Å². The van der Waals surface area contributed by atoms with E-state index in [1.165, 1.54) is 7.11 Å². The highest BCUT2D eigenvalue weighted by molar-refractivity contribution is 6.07. The first-order valence-electron chi connectivity index (χ1n) is 7.92. The Labute approximate surface area is 140 Å². The van der Waals surface area contributed by atoms with Crippen molar-refractivity contribution >= 4 is 23.6 Å². The summed E-state index contributed by atoms with van der Waals surface area (Å²) in [7, 11) is 1.35.